The van der Waals surface area contributed by atoms with Crippen molar-refractivity contribution in [3.05, 3.63) is 0 Å². The van der Waals surface area contributed by atoms with Crippen molar-refractivity contribution in [1.29, 1.82) is 0 Å². The van der Waals surface area contributed by atoms with Gasteiger partial charge in [0.15, 0.2) is 0 Å². The van der Waals surface area contributed by atoms with E-state index < -0.39 is 0 Å². The molecule has 0 aliphatic carbocycles. The highest BCUT2D eigenvalue weighted by Gasteiger charge is 2.03. The van der Waals surface area contributed by atoms with Crippen molar-refractivity contribution in [3.63, 3.8) is 0 Å². The zero-order valence-electron chi connectivity index (χ0n) is 13.4. The van der Waals surface area contributed by atoms with Gasteiger partial charge in [-0.05, 0) is 6.42 Å². The van der Waals surface area contributed by atoms with Crippen molar-refractivity contribution in [2.24, 2.45) is 0 Å². The van der Waals surface area contributed by atoms with E-state index in [1.165, 1.54) is 12.8 Å². The molecule has 6 heteroatoms. The molecule has 6 nitrogen and oxygen atoms in total. The zero-order valence-corrected chi connectivity index (χ0v) is 13.4. The maximum Gasteiger partial charge on any atom is 0.220 e. The number of nitrogens with zero attached hydrogens (tertiary/aromatic N) is 1. The topological polar surface area (TPSA) is 82.0 Å². The van der Waals surface area contributed by atoms with Gasteiger partial charge in [0, 0.05) is 32.6 Å². The minimum Gasteiger partial charge on any atom is -0.395 e. The molecule has 0 aliphatic heterocycles. The molecule has 0 aromatic heterocycles. The van der Waals surface area contributed by atoms with Crippen molar-refractivity contribution in [2.75, 3.05) is 52.6 Å². The number of hydrogen-bond acceptors (Lipinski definition) is 5. The highest BCUT2D eigenvalue weighted by atomic mass is 16.5. The number of unbranched alkanes of at least 4 members (excludes halogenated alkanes) is 3. The predicted octanol–water partition coefficient (Wildman–Crippen LogP) is 0.376. The second kappa shape index (κ2) is 15.7. The highest BCUT2D eigenvalue weighted by Crippen LogP contribution is 2.01. The largest absolute Gasteiger partial charge is 0.395 e. The van der Waals surface area contributed by atoms with Crippen LogP contribution in [0.1, 0.15) is 39.0 Å². The molecule has 126 valence electrons. The van der Waals surface area contributed by atoms with E-state index in [1.54, 1.807) is 0 Å². The highest BCUT2D eigenvalue weighted by molar-refractivity contribution is 5.75. The van der Waals surface area contributed by atoms with Gasteiger partial charge in [0.05, 0.1) is 26.4 Å². The monoisotopic (exact) mass is 304 g/mol. The van der Waals surface area contributed by atoms with Crippen LogP contribution in [-0.4, -0.2) is 73.6 Å². The van der Waals surface area contributed by atoms with Gasteiger partial charge in [-0.25, -0.2) is 0 Å². The Hall–Kier alpha value is -0.690. The van der Waals surface area contributed by atoms with Crippen LogP contribution in [0.25, 0.3) is 0 Å². The molecule has 0 aliphatic rings. The molecule has 0 atom stereocenters. The van der Waals surface area contributed by atoms with Gasteiger partial charge in [-0.1, -0.05) is 26.2 Å². The Morgan fingerprint density at radius 3 is 2.38 bits per heavy atom. The fraction of sp³-hybridized carbons (Fsp3) is 0.933. The van der Waals surface area contributed by atoms with Crippen LogP contribution in [0.2, 0.25) is 0 Å². The van der Waals surface area contributed by atoms with E-state index in [9.17, 15) is 4.79 Å². The first kappa shape index (κ1) is 20.3. The van der Waals surface area contributed by atoms with Crippen molar-refractivity contribution in [1.82, 2.24) is 10.2 Å². The average Bonchev–Trinajstić information content (AvgIpc) is 2.47. The Labute approximate surface area is 128 Å². The smallest absolute Gasteiger partial charge is 0.220 e. The molecule has 0 saturated carbocycles. The summed E-state index contributed by atoms with van der Waals surface area (Å²) in [6, 6.07) is 0. The predicted molar refractivity (Wildman–Crippen MR) is 83.2 cm³/mol. The number of carbonyl (C=O) groups excluding carboxylic acids is 1. The second-order valence-corrected chi connectivity index (χ2v) is 5.06. The number of aliphatic hydroxyl groups excluding tert-OH is 2. The quantitative estimate of drug-likeness (QED) is 0.381. The molecule has 0 fully saturated rings. The maximum atomic E-state index is 11.5. The molecule has 21 heavy (non-hydrogen) atoms. The van der Waals surface area contributed by atoms with Crippen molar-refractivity contribution >= 4 is 5.91 Å². The van der Waals surface area contributed by atoms with Gasteiger partial charge in [-0.15, -0.1) is 0 Å². The first-order valence-corrected chi connectivity index (χ1v) is 8.03. The van der Waals surface area contributed by atoms with E-state index >= 15 is 0 Å². The van der Waals surface area contributed by atoms with Crippen molar-refractivity contribution < 1.29 is 19.7 Å². The maximum absolute atomic E-state index is 11.5. The van der Waals surface area contributed by atoms with Gasteiger partial charge in [0.1, 0.15) is 0 Å². The lowest BCUT2D eigenvalue weighted by Crippen LogP contribution is -2.33. The molecule has 0 saturated heterocycles. The van der Waals surface area contributed by atoms with Crippen LogP contribution in [-0.2, 0) is 9.53 Å². The third kappa shape index (κ3) is 14.0. The molecule has 0 bridgehead atoms. The lowest BCUT2D eigenvalue weighted by Gasteiger charge is -2.19. The number of carbonyl (C=O) groups is 1. The first-order valence-electron chi connectivity index (χ1n) is 8.03. The summed E-state index contributed by atoms with van der Waals surface area (Å²) in [6.07, 6.45) is 5.04. The van der Waals surface area contributed by atoms with Gasteiger partial charge in [0.2, 0.25) is 5.91 Å². The van der Waals surface area contributed by atoms with Crippen LogP contribution in [0.3, 0.4) is 0 Å². The second-order valence-electron chi connectivity index (χ2n) is 5.06. The van der Waals surface area contributed by atoms with Crippen LogP contribution in [0.5, 0.6) is 0 Å². The molecule has 0 rings (SSSR count). The number of aliphatic hydroxyl groups is 2. The number of ether oxygens (including phenoxy) is 1. The van der Waals surface area contributed by atoms with Crippen LogP contribution >= 0.6 is 0 Å². The molecule has 0 unspecified atom stereocenters. The van der Waals surface area contributed by atoms with Gasteiger partial charge in [0.25, 0.3) is 0 Å². The number of nitrogens with one attached hydrogen (secondary N) is 1. The van der Waals surface area contributed by atoms with Gasteiger partial charge in [-0.2, -0.15) is 0 Å². The van der Waals surface area contributed by atoms with E-state index in [2.05, 4.69) is 12.2 Å². The summed E-state index contributed by atoms with van der Waals surface area (Å²) in [5.74, 6) is 0.0943. The summed E-state index contributed by atoms with van der Waals surface area (Å²) in [4.78, 5) is 13.4. The van der Waals surface area contributed by atoms with Gasteiger partial charge >= 0.3 is 0 Å². The fourth-order valence-electron chi connectivity index (χ4n) is 1.98. The molecule has 3 N–H and O–H groups in total. The van der Waals surface area contributed by atoms with E-state index in [0.29, 0.717) is 45.8 Å². The summed E-state index contributed by atoms with van der Waals surface area (Å²) >= 11 is 0. The van der Waals surface area contributed by atoms with Crippen LogP contribution in [0.15, 0.2) is 0 Å². The third-order valence-corrected chi connectivity index (χ3v) is 3.21. The molecule has 0 aromatic rings. The lowest BCUT2D eigenvalue weighted by molar-refractivity contribution is -0.121. The van der Waals surface area contributed by atoms with Crippen LogP contribution in [0.4, 0.5) is 0 Å². The van der Waals surface area contributed by atoms with Gasteiger partial charge in [-0.3, -0.25) is 9.69 Å². The summed E-state index contributed by atoms with van der Waals surface area (Å²) in [5, 5.41) is 20.6. The Balaban J connectivity index is 3.39. The fourth-order valence-corrected chi connectivity index (χ4v) is 1.98. The molecule has 0 aromatic carbocycles. The van der Waals surface area contributed by atoms with E-state index in [0.717, 1.165) is 12.8 Å². The lowest BCUT2D eigenvalue weighted by atomic mass is 10.1. The molecular weight excluding hydrogens is 272 g/mol. The molecule has 0 radical (unpaired) electrons. The number of amides is 1. The van der Waals surface area contributed by atoms with Crippen molar-refractivity contribution in [2.45, 2.75) is 39.0 Å². The number of hydrogen-bond donors (Lipinski definition) is 3. The summed E-state index contributed by atoms with van der Waals surface area (Å²) in [7, 11) is 0. The van der Waals surface area contributed by atoms with Crippen molar-refractivity contribution in [3.8, 4) is 0 Å². The molecule has 1 amide bonds. The summed E-state index contributed by atoms with van der Waals surface area (Å²) in [5.41, 5.74) is 0. The van der Waals surface area contributed by atoms with Gasteiger partial charge < -0.3 is 20.3 Å². The molecule has 0 heterocycles. The zero-order chi connectivity index (χ0) is 15.8. The Morgan fingerprint density at radius 1 is 1.05 bits per heavy atom. The summed E-state index contributed by atoms with van der Waals surface area (Å²) in [6.45, 7) is 5.62. The Morgan fingerprint density at radius 2 is 1.76 bits per heavy atom. The number of rotatable bonds is 15. The first-order chi connectivity index (χ1) is 10.2. The van der Waals surface area contributed by atoms with E-state index in [4.69, 9.17) is 14.9 Å². The van der Waals surface area contributed by atoms with Crippen LogP contribution in [0, 0.1) is 0 Å². The minimum absolute atomic E-state index is 0.0775. The molecule has 0 spiro atoms. The standard InChI is InChI=1S/C15H32N2O4/c1-2-3-4-5-6-15(20)16-7-13-21-14-10-17(8-11-18)9-12-19/h18-19H,2-14H2,1H3,(H,16,20). The normalized spacial score (nSPS) is 11.0. The SMILES string of the molecule is CCCCCCC(=O)NCCOCCN(CCO)CCO. The Bertz CT molecular complexity index is 234. The van der Waals surface area contributed by atoms with Crippen LogP contribution < -0.4 is 5.32 Å². The summed E-state index contributed by atoms with van der Waals surface area (Å²) < 4.78 is 5.43. The Kier molecular flexibility index (Phi) is 15.2. The average molecular weight is 304 g/mol. The minimum atomic E-state index is 0.0775. The van der Waals surface area contributed by atoms with E-state index in [-0.39, 0.29) is 19.1 Å². The third-order valence-electron chi connectivity index (χ3n) is 3.21. The van der Waals surface area contributed by atoms with E-state index in [1.807, 2.05) is 4.90 Å². The molecular formula is C15H32N2O4.